The van der Waals surface area contributed by atoms with E-state index in [4.69, 9.17) is 4.42 Å². The molecule has 1 saturated heterocycles. The van der Waals surface area contributed by atoms with E-state index in [9.17, 15) is 9.59 Å². The van der Waals surface area contributed by atoms with Crippen LogP contribution in [0.4, 0.5) is 5.69 Å². The molecule has 23 heavy (non-hydrogen) atoms. The van der Waals surface area contributed by atoms with Crippen LogP contribution >= 0.6 is 11.8 Å². The van der Waals surface area contributed by atoms with Crippen molar-refractivity contribution < 1.29 is 14.0 Å². The van der Waals surface area contributed by atoms with Gasteiger partial charge in [-0.25, -0.2) is 0 Å². The molecule has 3 aromatic rings. The second kappa shape index (κ2) is 5.42. The van der Waals surface area contributed by atoms with Crippen molar-refractivity contribution in [3.8, 4) is 0 Å². The van der Waals surface area contributed by atoms with Crippen molar-refractivity contribution in [1.82, 2.24) is 0 Å². The van der Waals surface area contributed by atoms with Gasteiger partial charge in [-0.1, -0.05) is 30.0 Å². The molecule has 4 rings (SSSR count). The number of nitrogens with zero attached hydrogens (tertiary/aromatic N) is 1. The molecule has 0 N–H and O–H groups in total. The highest BCUT2D eigenvalue weighted by atomic mass is 32.2. The molecule has 116 valence electrons. The maximum Gasteiger partial charge on any atom is 0.228 e. The van der Waals surface area contributed by atoms with Gasteiger partial charge in [0.25, 0.3) is 0 Å². The van der Waals surface area contributed by atoms with Gasteiger partial charge in [0, 0.05) is 41.6 Å². The van der Waals surface area contributed by atoms with Gasteiger partial charge in [-0.05, 0) is 24.3 Å². The van der Waals surface area contributed by atoms with Crippen LogP contribution in [0.15, 0.2) is 46.9 Å². The van der Waals surface area contributed by atoms with Crippen LogP contribution in [0.1, 0.15) is 13.3 Å². The SMILES string of the molecule is CC(=O)SC1CC(=O)N(c2ccc3oc4ccccc4c3c2)C1. The first-order chi connectivity index (χ1) is 11.1. The van der Waals surface area contributed by atoms with Gasteiger partial charge in [0.15, 0.2) is 5.12 Å². The van der Waals surface area contributed by atoms with Crippen molar-refractivity contribution in [2.45, 2.75) is 18.6 Å². The van der Waals surface area contributed by atoms with E-state index in [0.29, 0.717) is 13.0 Å². The molecule has 1 atom stereocenters. The number of carbonyl (C=O) groups is 2. The molecule has 4 nitrogen and oxygen atoms in total. The standard InChI is InChI=1S/C18H15NO3S/c1-11(20)23-13-9-18(21)19(10-13)12-6-7-17-15(8-12)14-4-2-3-5-16(14)22-17/h2-8,13H,9-10H2,1H3. The third-order valence-corrected chi connectivity index (χ3v) is 5.08. The Bertz CT molecular complexity index is 930. The van der Waals surface area contributed by atoms with Crippen molar-refractivity contribution in [1.29, 1.82) is 0 Å². The van der Waals surface area contributed by atoms with Crippen LogP contribution in [-0.2, 0) is 9.59 Å². The van der Waals surface area contributed by atoms with Crippen molar-refractivity contribution in [3.63, 3.8) is 0 Å². The maximum atomic E-state index is 12.3. The predicted molar refractivity (Wildman–Crippen MR) is 92.8 cm³/mol. The Hall–Kier alpha value is -2.27. The molecule has 1 aliphatic heterocycles. The summed E-state index contributed by atoms with van der Waals surface area (Å²) in [7, 11) is 0. The number of anilines is 1. The van der Waals surface area contributed by atoms with Crippen LogP contribution in [-0.4, -0.2) is 22.8 Å². The molecule has 0 saturated carbocycles. The lowest BCUT2D eigenvalue weighted by Gasteiger charge is -2.16. The van der Waals surface area contributed by atoms with Gasteiger partial charge >= 0.3 is 0 Å². The Kier molecular flexibility index (Phi) is 3.38. The normalized spacial score (nSPS) is 18.2. The highest BCUT2D eigenvalue weighted by Gasteiger charge is 2.32. The van der Waals surface area contributed by atoms with Crippen LogP contribution in [0.25, 0.3) is 21.9 Å². The summed E-state index contributed by atoms with van der Waals surface area (Å²) < 4.78 is 5.82. The van der Waals surface area contributed by atoms with Gasteiger partial charge in [-0.3, -0.25) is 9.59 Å². The third-order valence-electron chi connectivity index (χ3n) is 4.09. The highest BCUT2D eigenvalue weighted by molar-refractivity contribution is 8.14. The average Bonchev–Trinajstić information content (AvgIpc) is 3.06. The minimum absolute atomic E-state index is 0.0387. The molecule has 1 aliphatic rings. The van der Waals surface area contributed by atoms with Gasteiger partial charge in [-0.2, -0.15) is 0 Å². The smallest absolute Gasteiger partial charge is 0.228 e. The second-order valence-electron chi connectivity index (χ2n) is 5.72. The zero-order valence-electron chi connectivity index (χ0n) is 12.6. The van der Waals surface area contributed by atoms with Gasteiger partial charge in [0.05, 0.1) is 0 Å². The lowest BCUT2D eigenvalue weighted by atomic mass is 10.1. The number of benzene rings is 2. The van der Waals surface area contributed by atoms with Crippen molar-refractivity contribution in [2.24, 2.45) is 0 Å². The fourth-order valence-electron chi connectivity index (χ4n) is 3.12. The first-order valence-corrected chi connectivity index (χ1v) is 8.38. The zero-order valence-corrected chi connectivity index (χ0v) is 13.4. The number of fused-ring (bicyclic) bond motifs is 3. The van der Waals surface area contributed by atoms with E-state index in [0.717, 1.165) is 27.6 Å². The van der Waals surface area contributed by atoms with Crippen LogP contribution in [0.3, 0.4) is 0 Å². The largest absolute Gasteiger partial charge is 0.456 e. The monoisotopic (exact) mass is 325 g/mol. The first kappa shape index (κ1) is 14.3. The van der Waals surface area contributed by atoms with Gasteiger partial charge in [-0.15, -0.1) is 0 Å². The molecule has 0 aliphatic carbocycles. The van der Waals surface area contributed by atoms with Crippen LogP contribution < -0.4 is 4.90 Å². The molecule has 1 fully saturated rings. The van der Waals surface area contributed by atoms with Gasteiger partial charge < -0.3 is 9.32 Å². The Morgan fingerprint density at radius 1 is 1.17 bits per heavy atom. The van der Waals surface area contributed by atoms with Gasteiger partial charge in [0.1, 0.15) is 11.2 Å². The number of hydrogen-bond donors (Lipinski definition) is 0. The number of carbonyl (C=O) groups excluding carboxylic acids is 2. The summed E-state index contributed by atoms with van der Waals surface area (Å²) >= 11 is 1.25. The van der Waals surface area contributed by atoms with E-state index in [1.807, 2.05) is 42.5 Å². The van der Waals surface area contributed by atoms with Crippen molar-refractivity contribution >= 4 is 50.4 Å². The number of para-hydroxylation sites is 1. The predicted octanol–water partition coefficient (Wildman–Crippen LogP) is 3.97. The number of thioether (sulfide) groups is 1. The Morgan fingerprint density at radius 3 is 2.78 bits per heavy atom. The van der Waals surface area contributed by atoms with E-state index in [1.54, 1.807) is 11.8 Å². The minimum atomic E-state index is 0.0387. The van der Waals surface area contributed by atoms with Crippen LogP contribution in [0.5, 0.6) is 0 Å². The third kappa shape index (κ3) is 2.51. The highest BCUT2D eigenvalue weighted by Crippen LogP contribution is 2.34. The quantitative estimate of drug-likeness (QED) is 0.715. The molecule has 0 spiro atoms. The fraction of sp³-hybridized carbons (Fsp3) is 0.222. The first-order valence-electron chi connectivity index (χ1n) is 7.51. The number of rotatable bonds is 2. The molecule has 5 heteroatoms. The molecule has 2 heterocycles. The summed E-state index contributed by atoms with van der Waals surface area (Å²) in [5.41, 5.74) is 2.52. The Labute approximate surface area is 137 Å². The molecular formula is C18H15NO3S. The molecule has 0 radical (unpaired) electrons. The Morgan fingerprint density at radius 2 is 1.96 bits per heavy atom. The van der Waals surface area contributed by atoms with Gasteiger partial charge in [0.2, 0.25) is 5.91 Å². The van der Waals surface area contributed by atoms with Crippen LogP contribution in [0, 0.1) is 0 Å². The minimum Gasteiger partial charge on any atom is -0.456 e. The van der Waals surface area contributed by atoms with E-state index in [1.165, 1.54) is 11.8 Å². The van der Waals surface area contributed by atoms with Crippen molar-refractivity contribution in [2.75, 3.05) is 11.4 Å². The summed E-state index contributed by atoms with van der Waals surface area (Å²) in [6, 6.07) is 13.7. The summed E-state index contributed by atoms with van der Waals surface area (Å²) in [6.07, 6.45) is 0.411. The lowest BCUT2D eigenvalue weighted by Crippen LogP contribution is -2.24. The van der Waals surface area contributed by atoms with Crippen LogP contribution in [0.2, 0.25) is 0 Å². The number of amides is 1. The van der Waals surface area contributed by atoms with Crippen molar-refractivity contribution in [3.05, 3.63) is 42.5 Å². The van der Waals surface area contributed by atoms with E-state index >= 15 is 0 Å². The summed E-state index contributed by atoms with van der Waals surface area (Å²) in [5.74, 6) is 0.0656. The molecule has 1 amide bonds. The molecule has 1 aromatic heterocycles. The topological polar surface area (TPSA) is 50.5 Å². The fourth-order valence-corrected chi connectivity index (χ4v) is 4.04. The lowest BCUT2D eigenvalue weighted by molar-refractivity contribution is -0.117. The Balaban J connectivity index is 1.73. The summed E-state index contributed by atoms with van der Waals surface area (Å²) in [5, 5.41) is 2.15. The van der Waals surface area contributed by atoms with E-state index in [-0.39, 0.29) is 16.3 Å². The molecule has 2 aromatic carbocycles. The second-order valence-corrected chi connectivity index (χ2v) is 7.20. The summed E-state index contributed by atoms with van der Waals surface area (Å²) in [6.45, 7) is 2.12. The average molecular weight is 325 g/mol. The summed E-state index contributed by atoms with van der Waals surface area (Å²) in [4.78, 5) is 25.3. The maximum absolute atomic E-state index is 12.3. The molecular weight excluding hydrogens is 310 g/mol. The number of furan rings is 1. The molecule has 1 unspecified atom stereocenters. The zero-order chi connectivity index (χ0) is 16.0. The molecule has 0 bridgehead atoms. The number of hydrogen-bond acceptors (Lipinski definition) is 4. The van der Waals surface area contributed by atoms with E-state index < -0.39 is 0 Å². The van der Waals surface area contributed by atoms with E-state index in [2.05, 4.69) is 0 Å².